The maximum absolute atomic E-state index is 3.65. The van der Waals surface area contributed by atoms with E-state index < -0.39 is 0 Å². The first-order chi connectivity index (χ1) is 8.17. The fourth-order valence-corrected chi connectivity index (χ4v) is 3.17. The quantitative estimate of drug-likeness (QED) is 0.733. The molecule has 1 aliphatic carbocycles. The van der Waals surface area contributed by atoms with E-state index in [4.69, 9.17) is 0 Å². The third kappa shape index (κ3) is 3.69. The molecule has 2 aliphatic rings. The highest BCUT2D eigenvalue weighted by Crippen LogP contribution is 2.37. The Bertz CT molecular complexity index is 231. The first-order valence-electron chi connectivity index (χ1n) is 7.63. The molecule has 1 atom stereocenters. The van der Waals surface area contributed by atoms with E-state index in [1.165, 1.54) is 58.3 Å². The third-order valence-electron chi connectivity index (χ3n) is 4.92. The normalized spacial score (nSPS) is 26.3. The van der Waals surface area contributed by atoms with Gasteiger partial charge in [0.05, 0.1) is 0 Å². The Balaban J connectivity index is 1.68. The van der Waals surface area contributed by atoms with Gasteiger partial charge < -0.3 is 10.2 Å². The number of nitrogens with zero attached hydrogens (tertiary/aromatic N) is 1. The van der Waals surface area contributed by atoms with Crippen LogP contribution in [0.4, 0.5) is 0 Å². The van der Waals surface area contributed by atoms with Gasteiger partial charge in [0, 0.05) is 19.1 Å². The molecule has 0 aromatic heterocycles. The van der Waals surface area contributed by atoms with Crippen molar-refractivity contribution in [3.05, 3.63) is 0 Å². The first-order valence-corrected chi connectivity index (χ1v) is 7.63. The molecule has 2 nitrogen and oxygen atoms in total. The molecular weight excluding hydrogens is 208 g/mol. The second kappa shape index (κ2) is 5.71. The van der Waals surface area contributed by atoms with Gasteiger partial charge in [0.15, 0.2) is 0 Å². The predicted octanol–water partition coefficient (Wildman–Crippen LogP) is 2.89. The van der Waals surface area contributed by atoms with Crippen LogP contribution in [0.3, 0.4) is 0 Å². The van der Waals surface area contributed by atoms with Gasteiger partial charge in [0.2, 0.25) is 0 Å². The fourth-order valence-electron chi connectivity index (χ4n) is 3.17. The molecule has 0 aromatic rings. The lowest BCUT2D eigenvalue weighted by molar-refractivity contribution is 0.220. The summed E-state index contributed by atoms with van der Waals surface area (Å²) in [6.07, 6.45) is 6.95. The number of hydrogen-bond donors (Lipinski definition) is 1. The number of rotatable bonds is 7. The highest BCUT2D eigenvalue weighted by atomic mass is 15.2. The number of hydrogen-bond acceptors (Lipinski definition) is 2. The predicted molar refractivity (Wildman–Crippen MR) is 74.3 cm³/mol. The van der Waals surface area contributed by atoms with Crippen LogP contribution in [0.5, 0.6) is 0 Å². The molecule has 1 heterocycles. The minimum atomic E-state index is 0.643. The zero-order chi connectivity index (χ0) is 12.3. The lowest BCUT2D eigenvalue weighted by atomic mass is 9.82. The SMILES string of the molecule is CCC1(CC)CCN(CC(C)CNC2CC2)C1. The Morgan fingerprint density at radius 2 is 2.00 bits per heavy atom. The third-order valence-corrected chi connectivity index (χ3v) is 4.92. The van der Waals surface area contributed by atoms with E-state index in [0.717, 1.165) is 12.0 Å². The molecule has 2 fully saturated rings. The minimum absolute atomic E-state index is 0.643. The zero-order valence-corrected chi connectivity index (χ0v) is 12.0. The molecule has 2 heteroatoms. The Labute approximate surface area is 107 Å². The van der Waals surface area contributed by atoms with Crippen molar-refractivity contribution in [3.63, 3.8) is 0 Å². The molecule has 1 aliphatic heterocycles. The van der Waals surface area contributed by atoms with Crippen LogP contribution in [0.1, 0.15) is 52.9 Å². The van der Waals surface area contributed by atoms with Gasteiger partial charge in [-0.3, -0.25) is 0 Å². The van der Waals surface area contributed by atoms with Crippen LogP contribution < -0.4 is 5.32 Å². The van der Waals surface area contributed by atoms with Crippen molar-refractivity contribution in [1.82, 2.24) is 10.2 Å². The summed E-state index contributed by atoms with van der Waals surface area (Å²) >= 11 is 0. The van der Waals surface area contributed by atoms with Gasteiger partial charge in [-0.2, -0.15) is 0 Å². The van der Waals surface area contributed by atoms with Crippen molar-refractivity contribution in [2.45, 2.75) is 58.9 Å². The largest absolute Gasteiger partial charge is 0.314 e. The van der Waals surface area contributed by atoms with Crippen LogP contribution in [0.25, 0.3) is 0 Å². The standard InChI is InChI=1S/C15H30N2/c1-4-15(5-2)8-9-17(12-15)11-13(3)10-16-14-6-7-14/h13-14,16H,4-12H2,1-3H3. The summed E-state index contributed by atoms with van der Waals surface area (Å²) in [7, 11) is 0. The number of nitrogens with one attached hydrogen (secondary N) is 1. The summed E-state index contributed by atoms with van der Waals surface area (Å²) in [5.41, 5.74) is 0.643. The molecule has 0 radical (unpaired) electrons. The molecule has 1 saturated heterocycles. The van der Waals surface area contributed by atoms with Crippen LogP contribution in [-0.2, 0) is 0 Å². The molecular formula is C15H30N2. The second-order valence-corrected chi connectivity index (χ2v) is 6.48. The molecule has 0 amide bonds. The average molecular weight is 238 g/mol. The first kappa shape index (κ1) is 13.4. The minimum Gasteiger partial charge on any atom is -0.314 e. The van der Waals surface area contributed by atoms with E-state index >= 15 is 0 Å². The second-order valence-electron chi connectivity index (χ2n) is 6.48. The van der Waals surface area contributed by atoms with Gasteiger partial charge in [0.1, 0.15) is 0 Å². The summed E-state index contributed by atoms with van der Waals surface area (Å²) < 4.78 is 0. The van der Waals surface area contributed by atoms with E-state index in [0.29, 0.717) is 5.41 Å². The lowest BCUT2D eigenvalue weighted by Gasteiger charge is -2.27. The van der Waals surface area contributed by atoms with Gasteiger partial charge in [-0.05, 0) is 56.5 Å². The van der Waals surface area contributed by atoms with Gasteiger partial charge >= 0.3 is 0 Å². The summed E-state index contributed by atoms with van der Waals surface area (Å²) in [6, 6.07) is 0.862. The van der Waals surface area contributed by atoms with E-state index in [2.05, 4.69) is 31.0 Å². The average Bonchev–Trinajstić information content (AvgIpc) is 3.08. The smallest absolute Gasteiger partial charge is 0.00683 e. The van der Waals surface area contributed by atoms with Crippen LogP contribution in [0.2, 0.25) is 0 Å². The van der Waals surface area contributed by atoms with E-state index in [-0.39, 0.29) is 0 Å². The van der Waals surface area contributed by atoms with Crippen LogP contribution in [0.15, 0.2) is 0 Å². The molecule has 2 rings (SSSR count). The highest BCUT2D eigenvalue weighted by Gasteiger charge is 2.35. The molecule has 1 unspecified atom stereocenters. The van der Waals surface area contributed by atoms with Gasteiger partial charge in [-0.1, -0.05) is 20.8 Å². The van der Waals surface area contributed by atoms with Gasteiger partial charge in [-0.15, -0.1) is 0 Å². The zero-order valence-electron chi connectivity index (χ0n) is 12.0. The maximum atomic E-state index is 3.65. The Morgan fingerprint density at radius 3 is 2.53 bits per heavy atom. The molecule has 0 aromatic carbocycles. The lowest BCUT2D eigenvalue weighted by Crippen LogP contribution is -2.34. The fraction of sp³-hybridized carbons (Fsp3) is 1.00. The number of likely N-dealkylation sites (tertiary alicyclic amines) is 1. The molecule has 1 N–H and O–H groups in total. The van der Waals surface area contributed by atoms with Crippen molar-refractivity contribution in [1.29, 1.82) is 0 Å². The highest BCUT2D eigenvalue weighted by molar-refractivity contribution is 4.89. The maximum Gasteiger partial charge on any atom is 0.00683 e. The van der Waals surface area contributed by atoms with Crippen molar-refractivity contribution in [3.8, 4) is 0 Å². The Morgan fingerprint density at radius 1 is 1.29 bits per heavy atom. The van der Waals surface area contributed by atoms with E-state index in [9.17, 15) is 0 Å². The van der Waals surface area contributed by atoms with Crippen LogP contribution >= 0.6 is 0 Å². The molecule has 0 bridgehead atoms. The topological polar surface area (TPSA) is 15.3 Å². The summed E-state index contributed by atoms with van der Waals surface area (Å²) in [5, 5.41) is 3.65. The summed E-state index contributed by atoms with van der Waals surface area (Å²) in [6.45, 7) is 12.3. The Kier molecular flexibility index (Phi) is 4.48. The van der Waals surface area contributed by atoms with E-state index in [1.807, 2.05) is 0 Å². The van der Waals surface area contributed by atoms with Gasteiger partial charge in [-0.25, -0.2) is 0 Å². The van der Waals surface area contributed by atoms with Crippen molar-refractivity contribution in [2.24, 2.45) is 11.3 Å². The monoisotopic (exact) mass is 238 g/mol. The molecule has 1 saturated carbocycles. The van der Waals surface area contributed by atoms with Gasteiger partial charge in [0.25, 0.3) is 0 Å². The Hall–Kier alpha value is -0.0800. The van der Waals surface area contributed by atoms with Crippen molar-refractivity contribution >= 4 is 0 Å². The molecule has 100 valence electrons. The van der Waals surface area contributed by atoms with Crippen LogP contribution in [0, 0.1) is 11.3 Å². The summed E-state index contributed by atoms with van der Waals surface area (Å²) in [5.74, 6) is 0.806. The molecule has 0 spiro atoms. The van der Waals surface area contributed by atoms with Crippen molar-refractivity contribution in [2.75, 3.05) is 26.2 Å². The van der Waals surface area contributed by atoms with Crippen LogP contribution in [-0.4, -0.2) is 37.1 Å². The van der Waals surface area contributed by atoms with Crippen molar-refractivity contribution < 1.29 is 0 Å². The van der Waals surface area contributed by atoms with E-state index in [1.54, 1.807) is 0 Å². The molecule has 17 heavy (non-hydrogen) atoms. The summed E-state index contributed by atoms with van der Waals surface area (Å²) in [4.78, 5) is 2.70.